The summed E-state index contributed by atoms with van der Waals surface area (Å²) in [6.07, 6.45) is 7.05. The largest absolute Gasteiger partial charge is 0.354 e. The van der Waals surface area contributed by atoms with Crippen molar-refractivity contribution < 1.29 is 4.79 Å². The van der Waals surface area contributed by atoms with Crippen LogP contribution in [0.15, 0.2) is 0 Å². The lowest BCUT2D eigenvalue weighted by Crippen LogP contribution is -2.45. The standard InChI is InChI=1S/C12H24N2O.ClH/c1-12(2,13)9-14-11(15)8-7-10-5-3-4-6-10;/h10H,3-9,13H2,1-2H3,(H,14,15);1H. The number of carbonyl (C=O) groups excluding carboxylic acids is 1. The van der Waals surface area contributed by atoms with E-state index in [-0.39, 0.29) is 23.9 Å². The molecule has 1 amide bonds. The first-order chi connectivity index (χ1) is 6.97. The first-order valence-electron chi connectivity index (χ1n) is 6.03. The van der Waals surface area contributed by atoms with Gasteiger partial charge in [0.15, 0.2) is 0 Å². The van der Waals surface area contributed by atoms with Gasteiger partial charge in [0, 0.05) is 18.5 Å². The van der Waals surface area contributed by atoms with Gasteiger partial charge in [0.1, 0.15) is 0 Å². The van der Waals surface area contributed by atoms with Crippen LogP contribution in [0.5, 0.6) is 0 Å². The fourth-order valence-electron chi connectivity index (χ4n) is 2.05. The fourth-order valence-corrected chi connectivity index (χ4v) is 2.05. The second-order valence-corrected chi connectivity index (χ2v) is 5.45. The molecule has 0 aromatic rings. The zero-order valence-electron chi connectivity index (χ0n) is 10.4. The summed E-state index contributed by atoms with van der Waals surface area (Å²) in [6, 6.07) is 0. The van der Waals surface area contributed by atoms with Crippen LogP contribution < -0.4 is 11.1 Å². The maximum absolute atomic E-state index is 11.5. The Morgan fingerprint density at radius 2 is 1.94 bits per heavy atom. The molecule has 0 aromatic heterocycles. The Balaban J connectivity index is 0.00000225. The molecule has 1 aliphatic carbocycles. The molecule has 0 aromatic carbocycles. The Kier molecular flexibility index (Phi) is 7.00. The van der Waals surface area contributed by atoms with E-state index in [4.69, 9.17) is 5.73 Å². The Hall–Kier alpha value is -0.280. The minimum atomic E-state index is -0.303. The van der Waals surface area contributed by atoms with E-state index in [2.05, 4.69) is 5.32 Å². The van der Waals surface area contributed by atoms with Gasteiger partial charge in [0.2, 0.25) is 5.91 Å². The first kappa shape index (κ1) is 15.7. The number of nitrogens with two attached hydrogens (primary N) is 1. The molecule has 0 bridgehead atoms. The lowest BCUT2D eigenvalue weighted by Gasteiger charge is -2.19. The average molecular weight is 249 g/mol. The van der Waals surface area contributed by atoms with Crippen LogP contribution in [0.2, 0.25) is 0 Å². The van der Waals surface area contributed by atoms with Gasteiger partial charge < -0.3 is 11.1 Å². The van der Waals surface area contributed by atoms with Crippen LogP contribution in [0.25, 0.3) is 0 Å². The van der Waals surface area contributed by atoms with Gasteiger partial charge >= 0.3 is 0 Å². The maximum Gasteiger partial charge on any atom is 0.220 e. The van der Waals surface area contributed by atoms with Crippen molar-refractivity contribution in [3.05, 3.63) is 0 Å². The summed E-state index contributed by atoms with van der Waals surface area (Å²) in [5.74, 6) is 0.946. The molecule has 1 fully saturated rings. The van der Waals surface area contributed by atoms with Crippen molar-refractivity contribution in [2.75, 3.05) is 6.54 Å². The van der Waals surface area contributed by atoms with Crippen molar-refractivity contribution >= 4 is 18.3 Å². The van der Waals surface area contributed by atoms with E-state index in [0.717, 1.165) is 12.3 Å². The number of nitrogens with one attached hydrogen (secondary N) is 1. The van der Waals surface area contributed by atoms with Crippen LogP contribution >= 0.6 is 12.4 Å². The van der Waals surface area contributed by atoms with E-state index in [1.165, 1.54) is 25.7 Å². The van der Waals surface area contributed by atoms with Gasteiger partial charge in [-0.2, -0.15) is 0 Å². The topological polar surface area (TPSA) is 55.1 Å². The highest BCUT2D eigenvalue weighted by Crippen LogP contribution is 2.28. The summed E-state index contributed by atoms with van der Waals surface area (Å²) in [6.45, 7) is 4.41. The normalized spacial score (nSPS) is 16.9. The molecule has 3 N–H and O–H groups in total. The molecule has 0 aliphatic heterocycles. The minimum absolute atomic E-state index is 0. The molecular weight excluding hydrogens is 224 g/mol. The summed E-state index contributed by atoms with van der Waals surface area (Å²) >= 11 is 0. The minimum Gasteiger partial charge on any atom is -0.354 e. The predicted octanol–water partition coefficient (Wildman–Crippen LogP) is 2.23. The average Bonchev–Trinajstić information content (AvgIpc) is 2.62. The molecule has 4 heteroatoms. The van der Waals surface area contributed by atoms with Crippen LogP contribution in [0, 0.1) is 5.92 Å². The van der Waals surface area contributed by atoms with Crippen LogP contribution in [0.3, 0.4) is 0 Å². The van der Waals surface area contributed by atoms with E-state index in [1.807, 2.05) is 13.8 Å². The van der Waals surface area contributed by atoms with Gasteiger partial charge in [-0.05, 0) is 26.2 Å². The lowest BCUT2D eigenvalue weighted by atomic mass is 10.0. The highest BCUT2D eigenvalue weighted by molar-refractivity contribution is 5.85. The van der Waals surface area contributed by atoms with Crippen LogP contribution in [-0.4, -0.2) is 18.0 Å². The summed E-state index contributed by atoms with van der Waals surface area (Å²) in [4.78, 5) is 11.5. The SMILES string of the molecule is CC(C)(N)CNC(=O)CCC1CCCC1.Cl. The first-order valence-corrected chi connectivity index (χ1v) is 6.03. The fraction of sp³-hybridized carbons (Fsp3) is 0.917. The van der Waals surface area contributed by atoms with Gasteiger partial charge in [0.05, 0.1) is 0 Å². The van der Waals surface area contributed by atoms with Gasteiger partial charge in [-0.25, -0.2) is 0 Å². The summed E-state index contributed by atoms with van der Waals surface area (Å²) in [5, 5.41) is 2.88. The lowest BCUT2D eigenvalue weighted by molar-refractivity contribution is -0.121. The molecule has 1 aliphatic rings. The van der Waals surface area contributed by atoms with Gasteiger partial charge in [0.25, 0.3) is 0 Å². The Morgan fingerprint density at radius 1 is 1.38 bits per heavy atom. The molecule has 0 saturated heterocycles. The molecule has 0 heterocycles. The van der Waals surface area contributed by atoms with Crippen molar-refractivity contribution in [1.82, 2.24) is 5.32 Å². The zero-order valence-corrected chi connectivity index (χ0v) is 11.2. The smallest absolute Gasteiger partial charge is 0.220 e. The third-order valence-electron chi connectivity index (χ3n) is 3.00. The van der Waals surface area contributed by atoms with E-state index in [1.54, 1.807) is 0 Å². The number of hydrogen-bond acceptors (Lipinski definition) is 2. The van der Waals surface area contributed by atoms with Crippen molar-refractivity contribution in [3.63, 3.8) is 0 Å². The van der Waals surface area contributed by atoms with Gasteiger partial charge in [-0.3, -0.25) is 4.79 Å². The van der Waals surface area contributed by atoms with E-state index >= 15 is 0 Å². The number of carbonyl (C=O) groups is 1. The monoisotopic (exact) mass is 248 g/mol. The van der Waals surface area contributed by atoms with Crippen molar-refractivity contribution in [2.24, 2.45) is 11.7 Å². The molecule has 0 atom stereocenters. The second kappa shape index (κ2) is 7.13. The third kappa shape index (κ3) is 7.07. The summed E-state index contributed by atoms with van der Waals surface area (Å²) in [7, 11) is 0. The van der Waals surface area contributed by atoms with Crippen LogP contribution in [0.4, 0.5) is 0 Å². The molecular formula is C12H25ClN2O. The van der Waals surface area contributed by atoms with Crippen molar-refractivity contribution in [1.29, 1.82) is 0 Å². The molecule has 0 spiro atoms. The predicted molar refractivity (Wildman–Crippen MR) is 69.7 cm³/mol. The van der Waals surface area contributed by atoms with Gasteiger partial charge in [-0.15, -0.1) is 12.4 Å². The van der Waals surface area contributed by atoms with E-state index in [9.17, 15) is 4.79 Å². The number of rotatable bonds is 5. The highest BCUT2D eigenvalue weighted by Gasteiger charge is 2.17. The molecule has 1 rings (SSSR count). The number of hydrogen-bond donors (Lipinski definition) is 2. The third-order valence-corrected chi connectivity index (χ3v) is 3.00. The van der Waals surface area contributed by atoms with E-state index in [0.29, 0.717) is 13.0 Å². The molecule has 16 heavy (non-hydrogen) atoms. The van der Waals surface area contributed by atoms with Crippen LogP contribution in [0.1, 0.15) is 52.4 Å². The number of halogens is 1. The molecule has 0 unspecified atom stereocenters. The van der Waals surface area contributed by atoms with Crippen molar-refractivity contribution in [2.45, 2.75) is 57.9 Å². The molecule has 0 radical (unpaired) electrons. The Bertz CT molecular complexity index is 208. The zero-order chi connectivity index (χ0) is 11.3. The molecule has 3 nitrogen and oxygen atoms in total. The van der Waals surface area contributed by atoms with Crippen LogP contribution in [-0.2, 0) is 4.79 Å². The number of amides is 1. The molecule has 96 valence electrons. The molecule has 1 saturated carbocycles. The van der Waals surface area contributed by atoms with Crippen molar-refractivity contribution in [3.8, 4) is 0 Å². The second-order valence-electron chi connectivity index (χ2n) is 5.45. The Morgan fingerprint density at radius 3 is 2.44 bits per heavy atom. The maximum atomic E-state index is 11.5. The quantitative estimate of drug-likeness (QED) is 0.784. The summed E-state index contributed by atoms with van der Waals surface area (Å²) < 4.78 is 0. The Labute approximate surface area is 105 Å². The van der Waals surface area contributed by atoms with E-state index < -0.39 is 0 Å². The highest BCUT2D eigenvalue weighted by atomic mass is 35.5. The van der Waals surface area contributed by atoms with Gasteiger partial charge in [-0.1, -0.05) is 25.7 Å². The summed E-state index contributed by atoms with van der Waals surface area (Å²) in [5.41, 5.74) is 5.48.